The number of nitrogens with two attached hydrogens (primary N) is 1. The van der Waals surface area contributed by atoms with Crippen LogP contribution in [0.4, 0.5) is 0 Å². The Kier molecular flexibility index (Phi) is 4.59. The highest BCUT2D eigenvalue weighted by atomic mass is 35.5. The molecule has 3 rings (SSSR count). The first-order valence-corrected chi connectivity index (χ1v) is 7.94. The van der Waals surface area contributed by atoms with Crippen LogP contribution in [0.2, 0.25) is 10.0 Å². The Balaban J connectivity index is 1.94. The van der Waals surface area contributed by atoms with Crippen LogP contribution in [0.15, 0.2) is 36.4 Å². The topological polar surface area (TPSA) is 38.5 Å². The number of methoxy groups -OCH3 is 1. The van der Waals surface area contributed by atoms with Crippen molar-refractivity contribution in [1.29, 1.82) is 0 Å². The maximum absolute atomic E-state index is 6.38. The third-order valence-electron chi connectivity index (χ3n) is 4.17. The van der Waals surface area contributed by atoms with Gasteiger partial charge in [-0.2, -0.15) is 0 Å². The zero-order chi connectivity index (χ0) is 15.7. The average Bonchev–Trinajstić information content (AvgIpc) is 2.91. The van der Waals surface area contributed by atoms with E-state index in [1.54, 1.807) is 7.11 Å². The Labute approximate surface area is 140 Å². The standard InChI is InChI=1S/C17H18Cl2N2O/c1-22-16-5-3-2-4-11(16)9-21-10-12-13(18)6-7-14(19)17(12)15(21)8-20/h2-7,15H,8-10,20H2,1H3. The summed E-state index contributed by atoms with van der Waals surface area (Å²) >= 11 is 12.7. The van der Waals surface area contributed by atoms with Crippen molar-refractivity contribution in [1.82, 2.24) is 4.90 Å². The van der Waals surface area contributed by atoms with E-state index in [-0.39, 0.29) is 6.04 Å². The molecule has 0 radical (unpaired) electrons. The van der Waals surface area contributed by atoms with Crippen LogP contribution >= 0.6 is 23.2 Å². The summed E-state index contributed by atoms with van der Waals surface area (Å²) in [5, 5.41) is 1.48. The molecular weight excluding hydrogens is 319 g/mol. The molecule has 0 spiro atoms. The summed E-state index contributed by atoms with van der Waals surface area (Å²) in [7, 11) is 1.69. The van der Waals surface area contributed by atoms with Gasteiger partial charge in [0.05, 0.1) is 7.11 Å². The lowest BCUT2D eigenvalue weighted by Crippen LogP contribution is -2.27. The van der Waals surface area contributed by atoms with Crippen molar-refractivity contribution in [3.8, 4) is 5.75 Å². The molecule has 1 atom stereocenters. The molecule has 0 fully saturated rings. The maximum Gasteiger partial charge on any atom is 0.123 e. The van der Waals surface area contributed by atoms with E-state index in [4.69, 9.17) is 33.7 Å². The SMILES string of the molecule is COc1ccccc1CN1Cc2c(Cl)ccc(Cl)c2C1CN. The van der Waals surface area contributed by atoms with Gasteiger partial charge in [-0.15, -0.1) is 0 Å². The number of fused-ring (bicyclic) bond motifs is 1. The summed E-state index contributed by atoms with van der Waals surface area (Å²) in [6.45, 7) is 1.99. The molecule has 0 bridgehead atoms. The van der Waals surface area contributed by atoms with E-state index in [2.05, 4.69) is 11.0 Å². The van der Waals surface area contributed by atoms with Crippen molar-refractivity contribution in [2.75, 3.05) is 13.7 Å². The minimum atomic E-state index is 0.0751. The molecule has 1 aliphatic rings. The summed E-state index contributed by atoms with van der Waals surface area (Å²) in [4.78, 5) is 2.29. The predicted molar refractivity (Wildman–Crippen MR) is 90.5 cm³/mol. The van der Waals surface area contributed by atoms with Crippen LogP contribution in [-0.4, -0.2) is 18.6 Å². The van der Waals surface area contributed by atoms with Gasteiger partial charge in [-0.05, 0) is 29.3 Å². The third kappa shape index (κ3) is 2.70. The predicted octanol–water partition coefficient (Wildman–Crippen LogP) is 4.02. The van der Waals surface area contributed by atoms with Gasteiger partial charge in [0.2, 0.25) is 0 Å². The van der Waals surface area contributed by atoms with Gasteiger partial charge in [0.25, 0.3) is 0 Å². The Morgan fingerprint density at radius 2 is 1.91 bits per heavy atom. The van der Waals surface area contributed by atoms with Gasteiger partial charge >= 0.3 is 0 Å². The third-order valence-corrected chi connectivity index (χ3v) is 4.85. The molecule has 22 heavy (non-hydrogen) atoms. The highest BCUT2D eigenvalue weighted by Crippen LogP contribution is 2.42. The van der Waals surface area contributed by atoms with E-state index in [1.807, 2.05) is 30.3 Å². The number of nitrogens with zero attached hydrogens (tertiary/aromatic N) is 1. The van der Waals surface area contributed by atoms with Crippen molar-refractivity contribution in [3.05, 3.63) is 63.1 Å². The average molecular weight is 337 g/mol. The molecule has 2 aromatic carbocycles. The summed E-state index contributed by atoms with van der Waals surface area (Å²) in [5.74, 6) is 0.881. The van der Waals surface area contributed by atoms with Crippen LogP contribution in [0.1, 0.15) is 22.7 Å². The van der Waals surface area contributed by atoms with Crippen LogP contribution in [0.5, 0.6) is 5.75 Å². The van der Waals surface area contributed by atoms with E-state index < -0.39 is 0 Å². The molecule has 0 saturated heterocycles. The number of halogens is 2. The van der Waals surface area contributed by atoms with E-state index in [9.17, 15) is 0 Å². The zero-order valence-corrected chi connectivity index (χ0v) is 13.9. The van der Waals surface area contributed by atoms with Gasteiger partial charge in [-0.3, -0.25) is 4.90 Å². The quantitative estimate of drug-likeness (QED) is 0.916. The normalized spacial score (nSPS) is 17.5. The van der Waals surface area contributed by atoms with Gasteiger partial charge < -0.3 is 10.5 Å². The first kappa shape index (κ1) is 15.6. The Morgan fingerprint density at radius 1 is 1.18 bits per heavy atom. The summed E-state index contributed by atoms with van der Waals surface area (Å²) < 4.78 is 5.44. The van der Waals surface area contributed by atoms with Gasteiger partial charge in [0.1, 0.15) is 5.75 Å². The number of para-hydroxylation sites is 1. The lowest BCUT2D eigenvalue weighted by atomic mass is 10.0. The molecule has 1 aliphatic heterocycles. The second-order valence-corrected chi connectivity index (χ2v) is 6.20. The van der Waals surface area contributed by atoms with Crippen molar-refractivity contribution in [3.63, 3.8) is 0 Å². The second kappa shape index (κ2) is 6.47. The molecule has 0 aliphatic carbocycles. The van der Waals surface area contributed by atoms with Crippen molar-refractivity contribution >= 4 is 23.2 Å². The fraction of sp³-hybridized carbons (Fsp3) is 0.294. The van der Waals surface area contributed by atoms with Gasteiger partial charge in [0, 0.05) is 41.3 Å². The highest BCUT2D eigenvalue weighted by molar-refractivity contribution is 6.34. The number of hydrogen-bond acceptors (Lipinski definition) is 3. The van der Waals surface area contributed by atoms with Crippen LogP contribution < -0.4 is 10.5 Å². The Morgan fingerprint density at radius 3 is 2.64 bits per heavy atom. The van der Waals surface area contributed by atoms with E-state index >= 15 is 0 Å². The highest BCUT2D eigenvalue weighted by Gasteiger charge is 2.33. The largest absolute Gasteiger partial charge is 0.496 e. The number of hydrogen-bond donors (Lipinski definition) is 1. The van der Waals surface area contributed by atoms with Crippen LogP contribution in [0, 0.1) is 0 Å². The molecule has 1 heterocycles. The fourth-order valence-electron chi connectivity index (χ4n) is 3.11. The Hall–Kier alpha value is -1.26. The first-order valence-electron chi connectivity index (χ1n) is 7.18. The maximum atomic E-state index is 6.38. The number of benzene rings is 2. The molecule has 2 aromatic rings. The van der Waals surface area contributed by atoms with E-state index in [0.29, 0.717) is 6.54 Å². The number of rotatable bonds is 4. The minimum Gasteiger partial charge on any atom is -0.496 e. The van der Waals surface area contributed by atoms with Crippen molar-refractivity contribution in [2.24, 2.45) is 5.73 Å². The molecule has 2 N–H and O–H groups in total. The zero-order valence-electron chi connectivity index (χ0n) is 12.4. The Bertz CT molecular complexity index is 690. The van der Waals surface area contributed by atoms with E-state index in [0.717, 1.165) is 45.6 Å². The lowest BCUT2D eigenvalue weighted by Gasteiger charge is -2.25. The van der Waals surface area contributed by atoms with Gasteiger partial charge in [0.15, 0.2) is 0 Å². The van der Waals surface area contributed by atoms with Crippen molar-refractivity contribution < 1.29 is 4.74 Å². The van der Waals surface area contributed by atoms with Gasteiger partial charge in [-0.1, -0.05) is 41.4 Å². The van der Waals surface area contributed by atoms with Crippen LogP contribution in [0.3, 0.4) is 0 Å². The first-order chi connectivity index (χ1) is 10.7. The lowest BCUT2D eigenvalue weighted by molar-refractivity contribution is 0.208. The fourth-order valence-corrected chi connectivity index (χ4v) is 3.64. The summed E-state index contributed by atoms with van der Waals surface area (Å²) in [6.07, 6.45) is 0. The van der Waals surface area contributed by atoms with Crippen LogP contribution in [-0.2, 0) is 13.1 Å². The van der Waals surface area contributed by atoms with Crippen molar-refractivity contribution in [2.45, 2.75) is 19.1 Å². The molecular formula is C17H18Cl2N2O. The smallest absolute Gasteiger partial charge is 0.123 e. The molecule has 0 amide bonds. The molecule has 0 saturated carbocycles. The molecule has 116 valence electrons. The van der Waals surface area contributed by atoms with Crippen LogP contribution in [0.25, 0.3) is 0 Å². The van der Waals surface area contributed by atoms with Gasteiger partial charge in [-0.25, -0.2) is 0 Å². The molecule has 1 unspecified atom stereocenters. The summed E-state index contributed by atoms with van der Waals surface area (Å²) in [6, 6.07) is 11.8. The number of ether oxygens (including phenoxy) is 1. The monoisotopic (exact) mass is 336 g/mol. The summed E-state index contributed by atoms with van der Waals surface area (Å²) in [5.41, 5.74) is 9.28. The molecule has 5 heteroatoms. The van der Waals surface area contributed by atoms with E-state index in [1.165, 1.54) is 0 Å². The minimum absolute atomic E-state index is 0.0751. The second-order valence-electron chi connectivity index (χ2n) is 5.39. The molecule has 3 nitrogen and oxygen atoms in total. The molecule has 0 aromatic heterocycles.